The van der Waals surface area contributed by atoms with Gasteiger partial charge in [0.15, 0.2) is 11.5 Å². The molecule has 4 aromatic rings. The number of para-hydroxylation sites is 1. The summed E-state index contributed by atoms with van der Waals surface area (Å²) < 4.78 is 37.8. The van der Waals surface area contributed by atoms with Crippen molar-refractivity contribution in [2.75, 3.05) is 45.3 Å². The van der Waals surface area contributed by atoms with Gasteiger partial charge in [0.25, 0.3) is 0 Å². The fraction of sp³-hybridized carbons (Fsp3) is 0.359. The molecule has 3 aliphatic heterocycles. The maximum Gasteiger partial charge on any atom is 0.414 e. The fourth-order valence-corrected chi connectivity index (χ4v) is 7.28. The van der Waals surface area contributed by atoms with Crippen molar-refractivity contribution in [3.63, 3.8) is 0 Å². The van der Waals surface area contributed by atoms with Crippen LogP contribution in [0.3, 0.4) is 0 Å². The zero-order chi connectivity index (χ0) is 35.9. The second-order valence-corrected chi connectivity index (χ2v) is 13.6. The number of carbonyl (C=O) groups is 2. The number of methoxy groups -OCH3 is 2. The third-order valence-corrected chi connectivity index (χ3v) is 10.3. The SMILES string of the molecule is COc1ccc([C@H](Cc2c(Cl)cncc2Cl)OC(=O)c2ccc(CCCN(C(=O)O[C@H]3CN4CCC3CC4)c3ccccc3F)cc2)cc1OC. The molecule has 0 aliphatic carbocycles. The molecule has 0 radical (unpaired) electrons. The Balaban J connectivity index is 1.12. The Morgan fingerprint density at radius 2 is 1.67 bits per heavy atom. The number of aryl methyl sites for hydroxylation is 1. The molecule has 3 saturated heterocycles. The van der Waals surface area contributed by atoms with Gasteiger partial charge in [0.05, 0.1) is 35.5 Å². The summed E-state index contributed by atoms with van der Waals surface area (Å²) in [4.78, 5) is 34.7. The normalized spacial score (nSPS) is 18.5. The maximum atomic E-state index is 14.9. The van der Waals surface area contributed by atoms with Gasteiger partial charge in [-0.15, -0.1) is 0 Å². The van der Waals surface area contributed by atoms with E-state index >= 15 is 0 Å². The summed E-state index contributed by atoms with van der Waals surface area (Å²) >= 11 is 12.9. The average Bonchev–Trinajstić information content (AvgIpc) is 3.15. The Labute approximate surface area is 307 Å². The highest BCUT2D eigenvalue weighted by atomic mass is 35.5. The van der Waals surface area contributed by atoms with Crippen LogP contribution in [0.2, 0.25) is 10.0 Å². The molecule has 0 spiro atoms. The molecule has 1 aromatic heterocycles. The van der Waals surface area contributed by atoms with E-state index < -0.39 is 24.0 Å². The van der Waals surface area contributed by atoms with Crippen LogP contribution in [-0.2, 0) is 22.3 Å². The molecule has 9 nitrogen and oxygen atoms in total. The van der Waals surface area contributed by atoms with E-state index in [0.717, 1.165) is 38.0 Å². The fourth-order valence-electron chi connectivity index (χ4n) is 6.76. The standard InChI is InChI=1S/C39H40Cl2FN3O6/c1-48-34-14-13-28(20-36(34)49-2)35(21-29-30(40)22-43-23-31(29)41)50-38(46)27-11-9-25(10-12-27)6-5-17-45(33-8-4-3-7-32(33)42)39(47)51-37-24-44-18-15-26(37)16-19-44/h3-4,7-14,20,22-23,26,35,37H,5-6,15-19,21,24H2,1-2H3/t35-,37-/m0/s1. The van der Waals surface area contributed by atoms with Gasteiger partial charge in [0.1, 0.15) is 18.0 Å². The van der Waals surface area contributed by atoms with Crippen LogP contribution in [0.5, 0.6) is 11.5 Å². The van der Waals surface area contributed by atoms with Crippen molar-refractivity contribution in [2.24, 2.45) is 5.92 Å². The third kappa shape index (κ3) is 8.75. The van der Waals surface area contributed by atoms with Gasteiger partial charge in [0.2, 0.25) is 0 Å². The average molecular weight is 737 g/mol. The van der Waals surface area contributed by atoms with Crippen molar-refractivity contribution >= 4 is 41.0 Å². The highest BCUT2D eigenvalue weighted by Gasteiger charge is 2.37. The molecule has 0 unspecified atom stereocenters. The minimum atomic E-state index is -0.764. The van der Waals surface area contributed by atoms with Crippen LogP contribution in [0, 0.1) is 11.7 Å². The number of anilines is 1. The number of rotatable bonds is 13. The van der Waals surface area contributed by atoms with E-state index in [9.17, 15) is 14.0 Å². The third-order valence-electron chi connectivity index (χ3n) is 9.62. The van der Waals surface area contributed by atoms with Crippen molar-refractivity contribution in [1.82, 2.24) is 9.88 Å². The predicted molar refractivity (Wildman–Crippen MR) is 194 cm³/mol. The number of ether oxygens (including phenoxy) is 4. The molecule has 0 N–H and O–H groups in total. The van der Waals surface area contributed by atoms with Gasteiger partial charge in [0, 0.05) is 31.9 Å². The monoisotopic (exact) mass is 735 g/mol. The summed E-state index contributed by atoms with van der Waals surface area (Å²) in [6.45, 7) is 3.04. The lowest BCUT2D eigenvalue weighted by atomic mass is 9.86. The van der Waals surface area contributed by atoms with Gasteiger partial charge >= 0.3 is 12.1 Å². The second kappa shape index (κ2) is 16.8. The van der Waals surface area contributed by atoms with Gasteiger partial charge in [-0.3, -0.25) is 14.8 Å². The Morgan fingerprint density at radius 3 is 2.31 bits per heavy atom. The number of hydrogen-bond donors (Lipinski definition) is 0. The number of pyridine rings is 1. The Kier molecular flexibility index (Phi) is 12.0. The number of halogens is 3. The molecule has 268 valence electrons. The largest absolute Gasteiger partial charge is 0.493 e. The Bertz CT molecular complexity index is 1820. The number of carbonyl (C=O) groups excluding carboxylic acids is 2. The van der Waals surface area contributed by atoms with E-state index in [2.05, 4.69) is 9.88 Å². The van der Waals surface area contributed by atoms with Crippen molar-refractivity contribution in [3.8, 4) is 11.5 Å². The molecule has 3 fully saturated rings. The Morgan fingerprint density at radius 1 is 0.961 bits per heavy atom. The van der Waals surface area contributed by atoms with Gasteiger partial charge in [-0.2, -0.15) is 0 Å². The summed E-state index contributed by atoms with van der Waals surface area (Å²) in [6.07, 6.45) is 4.83. The van der Waals surface area contributed by atoms with E-state index in [1.54, 1.807) is 55.6 Å². The molecule has 4 heterocycles. The number of nitrogens with zero attached hydrogens (tertiary/aromatic N) is 3. The lowest BCUT2D eigenvalue weighted by Gasteiger charge is -2.44. The summed E-state index contributed by atoms with van der Waals surface area (Å²) in [5.74, 6) is 0.334. The van der Waals surface area contributed by atoms with Gasteiger partial charge in [-0.25, -0.2) is 14.0 Å². The molecule has 12 heteroatoms. The first-order chi connectivity index (χ1) is 24.7. The summed E-state index contributed by atoms with van der Waals surface area (Å²) in [6, 6.07) is 18.6. The van der Waals surface area contributed by atoms with Crippen molar-refractivity contribution in [2.45, 2.75) is 44.3 Å². The molecule has 7 rings (SSSR count). The minimum Gasteiger partial charge on any atom is -0.493 e. The van der Waals surface area contributed by atoms with Gasteiger partial charge in [-0.1, -0.05) is 53.5 Å². The van der Waals surface area contributed by atoms with Crippen LogP contribution in [0.25, 0.3) is 0 Å². The number of aromatic nitrogens is 1. The minimum absolute atomic E-state index is 0.188. The number of fused-ring (bicyclic) bond motifs is 3. The highest BCUT2D eigenvalue weighted by molar-refractivity contribution is 6.35. The molecule has 0 saturated carbocycles. The van der Waals surface area contributed by atoms with Crippen molar-refractivity contribution in [3.05, 3.63) is 117 Å². The molecule has 3 aromatic carbocycles. The number of hydrogen-bond acceptors (Lipinski definition) is 8. The summed E-state index contributed by atoms with van der Waals surface area (Å²) in [7, 11) is 3.07. The van der Waals surface area contributed by atoms with Crippen LogP contribution < -0.4 is 14.4 Å². The maximum absolute atomic E-state index is 14.9. The van der Waals surface area contributed by atoms with Gasteiger partial charge in [-0.05, 0) is 97.8 Å². The molecular formula is C39H40Cl2FN3O6. The Hall–Kier alpha value is -4.38. The van der Waals surface area contributed by atoms with E-state index in [0.29, 0.717) is 57.0 Å². The van der Waals surface area contributed by atoms with Crippen molar-refractivity contribution < 1.29 is 32.9 Å². The first-order valence-corrected chi connectivity index (χ1v) is 17.7. The van der Waals surface area contributed by atoms with E-state index in [4.69, 9.17) is 42.1 Å². The summed E-state index contributed by atoms with van der Waals surface area (Å²) in [5, 5.41) is 0.711. The molecular weight excluding hydrogens is 696 g/mol. The van der Waals surface area contributed by atoms with Crippen molar-refractivity contribution in [1.29, 1.82) is 0 Å². The molecule has 51 heavy (non-hydrogen) atoms. The van der Waals surface area contributed by atoms with Crippen LogP contribution >= 0.6 is 23.2 Å². The van der Waals surface area contributed by atoms with Crippen LogP contribution in [0.15, 0.2) is 79.1 Å². The van der Waals surface area contributed by atoms with E-state index in [1.807, 2.05) is 12.1 Å². The first kappa shape index (κ1) is 36.4. The molecule has 2 atom stereocenters. The summed E-state index contributed by atoms with van der Waals surface area (Å²) in [5.41, 5.74) is 2.74. The lowest BCUT2D eigenvalue weighted by Crippen LogP contribution is -2.53. The smallest absolute Gasteiger partial charge is 0.414 e. The van der Waals surface area contributed by atoms with Gasteiger partial charge < -0.3 is 18.9 Å². The number of amides is 1. The quantitative estimate of drug-likeness (QED) is 0.127. The van der Waals surface area contributed by atoms with E-state index in [-0.39, 0.29) is 24.8 Å². The molecule has 1 amide bonds. The molecule has 3 aliphatic rings. The number of benzene rings is 3. The highest BCUT2D eigenvalue weighted by Crippen LogP contribution is 2.36. The van der Waals surface area contributed by atoms with E-state index in [1.165, 1.54) is 30.5 Å². The second-order valence-electron chi connectivity index (χ2n) is 12.8. The van der Waals surface area contributed by atoms with Crippen LogP contribution in [0.1, 0.15) is 52.4 Å². The topological polar surface area (TPSA) is 90.4 Å². The number of esters is 1. The van der Waals surface area contributed by atoms with Crippen LogP contribution in [-0.4, -0.2) is 68.4 Å². The zero-order valence-corrected chi connectivity index (χ0v) is 30.0. The van der Waals surface area contributed by atoms with Crippen LogP contribution in [0.4, 0.5) is 14.9 Å². The lowest BCUT2D eigenvalue weighted by molar-refractivity contribution is -0.0310. The predicted octanol–water partition coefficient (Wildman–Crippen LogP) is 8.36. The zero-order valence-electron chi connectivity index (χ0n) is 28.5. The first-order valence-electron chi connectivity index (χ1n) is 17.0. The number of piperidine rings is 3. The molecule has 2 bridgehead atoms.